The second-order valence-corrected chi connectivity index (χ2v) is 6.67. The normalized spacial score (nSPS) is 20.3. The van der Waals surface area contributed by atoms with Gasteiger partial charge in [0.05, 0.1) is 12.3 Å². The molecular weight excluding hydrogens is 324 g/mol. The van der Waals surface area contributed by atoms with Crippen LogP contribution in [0.25, 0.3) is 11.3 Å². The Morgan fingerprint density at radius 3 is 2.73 bits per heavy atom. The molecule has 2 heterocycles. The highest BCUT2D eigenvalue weighted by molar-refractivity contribution is 5.94. The van der Waals surface area contributed by atoms with Crippen LogP contribution in [-0.4, -0.2) is 11.9 Å². The first kappa shape index (κ1) is 18.1. The highest BCUT2D eigenvalue weighted by Crippen LogP contribution is 2.40. The monoisotopic (exact) mass is 350 g/mol. The first-order chi connectivity index (χ1) is 12.5. The number of amides is 1. The summed E-state index contributed by atoms with van der Waals surface area (Å²) < 4.78 is 5.56. The Morgan fingerprint density at radius 1 is 1.31 bits per heavy atom. The summed E-state index contributed by atoms with van der Waals surface area (Å²) in [5.74, 6) is 0.905. The van der Waals surface area contributed by atoms with Crippen LogP contribution in [-0.2, 0) is 4.79 Å². The number of benzene rings is 1. The first-order valence-electron chi connectivity index (χ1n) is 9.08. The number of furan rings is 1. The van der Waals surface area contributed by atoms with Gasteiger partial charge in [0.2, 0.25) is 5.91 Å². The van der Waals surface area contributed by atoms with E-state index in [9.17, 15) is 4.79 Å². The number of nitrogens with one attached hydrogen (secondary N) is 1. The second kappa shape index (κ2) is 7.65. The van der Waals surface area contributed by atoms with Gasteiger partial charge in [-0.15, -0.1) is 0 Å². The van der Waals surface area contributed by atoms with Gasteiger partial charge in [0.1, 0.15) is 5.76 Å². The van der Waals surface area contributed by atoms with E-state index >= 15 is 0 Å². The third-order valence-corrected chi connectivity index (χ3v) is 4.82. The Bertz CT molecular complexity index is 834. The number of rotatable bonds is 4. The molecule has 1 N–H and O–H groups in total. The van der Waals surface area contributed by atoms with Gasteiger partial charge in [-0.25, -0.2) is 0 Å². The van der Waals surface area contributed by atoms with E-state index < -0.39 is 0 Å². The quantitative estimate of drug-likeness (QED) is 0.771. The van der Waals surface area contributed by atoms with Crippen molar-refractivity contribution in [1.29, 1.82) is 0 Å². The molecule has 0 unspecified atom stereocenters. The van der Waals surface area contributed by atoms with Crippen LogP contribution < -0.4 is 10.2 Å². The van der Waals surface area contributed by atoms with E-state index in [1.54, 1.807) is 13.2 Å². The third kappa shape index (κ3) is 3.45. The lowest BCUT2D eigenvalue weighted by atomic mass is 9.89. The molecule has 1 aliphatic rings. The van der Waals surface area contributed by atoms with Gasteiger partial charge in [0.15, 0.2) is 0 Å². The Labute approximate surface area is 155 Å². The zero-order valence-electron chi connectivity index (χ0n) is 15.8. The van der Waals surface area contributed by atoms with Crippen LogP contribution in [0.2, 0.25) is 0 Å². The highest BCUT2D eigenvalue weighted by atomic mass is 16.3. The molecule has 1 aromatic carbocycles. The minimum absolute atomic E-state index is 0.0719. The van der Waals surface area contributed by atoms with Crippen molar-refractivity contribution >= 4 is 11.6 Å². The maximum Gasteiger partial charge on any atom is 0.224 e. The van der Waals surface area contributed by atoms with Crippen molar-refractivity contribution in [2.45, 2.75) is 46.2 Å². The molecule has 136 valence electrons. The van der Waals surface area contributed by atoms with E-state index in [1.165, 1.54) is 0 Å². The van der Waals surface area contributed by atoms with Crippen molar-refractivity contribution in [3.05, 3.63) is 66.1 Å². The average molecular weight is 350 g/mol. The summed E-state index contributed by atoms with van der Waals surface area (Å²) in [6.45, 7) is 7.77. The topological polar surface area (TPSA) is 45.5 Å². The number of carbonyl (C=O) groups is 1. The largest absolute Gasteiger partial charge is 0.464 e. The molecule has 3 rings (SSSR count). The van der Waals surface area contributed by atoms with Gasteiger partial charge in [0.25, 0.3) is 0 Å². The van der Waals surface area contributed by atoms with Gasteiger partial charge >= 0.3 is 0 Å². The molecular formula is C22H26N2O2. The van der Waals surface area contributed by atoms with Crippen LogP contribution in [0.3, 0.4) is 0 Å². The fourth-order valence-electron chi connectivity index (χ4n) is 3.69. The number of anilines is 1. The molecule has 0 aliphatic carbocycles. The molecule has 26 heavy (non-hydrogen) atoms. The average Bonchev–Trinajstić information content (AvgIpc) is 3.15. The molecule has 0 fully saturated rings. The van der Waals surface area contributed by atoms with Crippen molar-refractivity contribution in [3.63, 3.8) is 0 Å². The smallest absolute Gasteiger partial charge is 0.224 e. The van der Waals surface area contributed by atoms with E-state index in [-0.39, 0.29) is 18.0 Å². The lowest BCUT2D eigenvalue weighted by Gasteiger charge is -2.40. The van der Waals surface area contributed by atoms with Gasteiger partial charge in [-0.1, -0.05) is 12.2 Å². The summed E-state index contributed by atoms with van der Waals surface area (Å²) in [5, 5.41) is 3.63. The van der Waals surface area contributed by atoms with Crippen LogP contribution >= 0.6 is 0 Å². The molecule has 0 saturated heterocycles. The maximum atomic E-state index is 12.2. The van der Waals surface area contributed by atoms with Crippen LogP contribution in [0.5, 0.6) is 0 Å². The Balaban J connectivity index is 2.07. The highest BCUT2D eigenvalue weighted by Gasteiger charge is 2.32. The van der Waals surface area contributed by atoms with Crippen LogP contribution in [0.1, 0.15) is 45.7 Å². The number of nitrogens with zero attached hydrogens (tertiary/aromatic N) is 1. The molecule has 0 radical (unpaired) electrons. The summed E-state index contributed by atoms with van der Waals surface area (Å²) in [6, 6.07) is 10.3. The number of fused-ring (bicyclic) bond motifs is 1. The standard InChI is InChI=1S/C22H26N2O2/c1-5-8-18(6-2)23-20-13-15(3)24(16(4)25)21-11-10-17(14-19(20)21)22-9-7-12-26-22/h5-12,14-15,20,23H,13H2,1-4H3/b8-5-,18-6+/t15-,20+/m0/s1. The molecule has 4 heteroatoms. The van der Waals surface area contributed by atoms with Crippen LogP contribution in [0.15, 0.2) is 64.9 Å². The van der Waals surface area contributed by atoms with Gasteiger partial charge in [-0.3, -0.25) is 4.79 Å². The maximum absolute atomic E-state index is 12.2. The van der Waals surface area contributed by atoms with E-state index in [4.69, 9.17) is 4.42 Å². The molecule has 0 spiro atoms. The molecule has 1 aromatic heterocycles. The molecule has 1 amide bonds. The number of hydrogen-bond donors (Lipinski definition) is 1. The zero-order chi connectivity index (χ0) is 18.7. The molecule has 0 bridgehead atoms. The number of hydrogen-bond acceptors (Lipinski definition) is 3. The van der Waals surface area contributed by atoms with Crippen molar-refractivity contribution in [3.8, 4) is 11.3 Å². The van der Waals surface area contributed by atoms with Gasteiger partial charge in [-0.05, 0) is 69.2 Å². The first-order valence-corrected chi connectivity index (χ1v) is 9.08. The predicted octanol–water partition coefficient (Wildman–Crippen LogP) is 5.20. The summed E-state index contributed by atoms with van der Waals surface area (Å²) in [6.07, 6.45) is 8.69. The van der Waals surface area contributed by atoms with Crippen molar-refractivity contribution in [1.82, 2.24) is 5.32 Å². The Kier molecular flexibility index (Phi) is 5.31. The molecule has 1 aliphatic heterocycles. The minimum atomic E-state index is 0.0719. The molecule has 4 nitrogen and oxygen atoms in total. The Morgan fingerprint density at radius 2 is 2.12 bits per heavy atom. The van der Waals surface area contributed by atoms with Crippen molar-refractivity contribution in [2.75, 3.05) is 4.90 Å². The van der Waals surface area contributed by atoms with Crippen molar-refractivity contribution in [2.24, 2.45) is 0 Å². The summed E-state index contributed by atoms with van der Waals surface area (Å²) in [7, 11) is 0. The molecule has 2 atom stereocenters. The lowest BCUT2D eigenvalue weighted by Crippen LogP contribution is -2.44. The zero-order valence-corrected chi connectivity index (χ0v) is 15.8. The third-order valence-electron chi connectivity index (χ3n) is 4.82. The fourth-order valence-corrected chi connectivity index (χ4v) is 3.69. The van der Waals surface area contributed by atoms with E-state index in [0.29, 0.717) is 0 Å². The van der Waals surface area contributed by atoms with Crippen molar-refractivity contribution < 1.29 is 9.21 Å². The second-order valence-electron chi connectivity index (χ2n) is 6.67. The number of carbonyl (C=O) groups excluding carboxylic acids is 1. The predicted molar refractivity (Wildman–Crippen MR) is 106 cm³/mol. The SMILES string of the molecule is C/C=C\C(=C/C)N[C@@H]1C[C@H](C)N(C(C)=O)c2ccc(-c3ccco3)cc21. The van der Waals surface area contributed by atoms with E-state index in [1.807, 2.05) is 49.1 Å². The summed E-state index contributed by atoms with van der Waals surface area (Å²) in [5.41, 5.74) is 4.19. The van der Waals surface area contributed by atoms with E-state index in [2.05, 4.69) is 30.5 Å². The Hall–Kier alpha value is -2.75. The summed E-state index contributed by atoms with van der Waals surface area (Å²) >= 11 is 0. The van der Waals surface area contributed by atoms with Crippen LogP contribution in [0, 0.1) is 0 Å². The van der Waals surface area contributed by atoms with Gasteiger partial charge in [0, 0.05) is 29.9 Å². The fraction of sp³-hybridized carbons (Fsp3) is 0.318. The lowest BCUT2D eigenvalue weighted by molar-refractivity contribution is -0.117. The molecule has 2 aromatic rings. The van der Waals surface area contributed by atoms with E-state index in [0.717, 1.165) is 34.7 Å². The van der Waals surface area contributed by atoms with Gasteiger partial charge < -0.3 is 14.6 Å². The minimum Gasteiger partial charge on any atom is -0.464 e. The summed E-state index contributed by atoms with van der Waals surface area (Å²) in [4.78, 5) is 14.1. The van der Waals surface area contributed by atoms with Crippen LogP contribution in [0.4, 0.5) is 5.69 Å². The molecule has 0 saturated carbocycles. The number of allylic oxidation sites excluding steroid dienone is 3. The van der Waals surface area contributed by atoms with Gasteiger partial charge in [-0.2, -0.15) is 0 Å².